The van der Waals surface area contributed by atoms with E-state index in [4.69, 9.17) is 26.5 Å². The van der Waals surface area contributed by atoms with E-state index in [-0.39, 0.29) is 17.8 Å². The molecule has 1 aliphatic rings. The zero-order chi connectivity index (χ0) is 18.5. The van der Waals surface area contributed by atoms with Crippen molar-refractivity contribution in [2.24, 2.45) is 5.73 Å². The highest BCUT2D eigenvalue weighted by Gasteiger charge is 2.21. The Morgan fingerprint density at radius 1 is 1.31 bits per heavy atom. The van der Waals surface area contributed by atoms with Crippen molar-refractivity contribution in [2.75, 3.05) is 37.7 Å². The lowest BCUT2D eigenvalue weighted by atomic mass is 10.2. The number of ether oxygens (including phenoxy) is 1. The fraction of sp³-hybridized carbons (Fsp3) is 0.333. The van der Waals surface area contributed by atoms with Crippen LogP contribution in [0.5, 0.6) is 5.75 Å². The molecule has 0 spiro atoms. The number of amides is 1. The van der Waals surface area contributed by atoms with Crippen molar-refractivity contribution in [3.05, 3.63) is 57.6 Å². The number of halogens is 1. The summed E-state index contributed by atoms with van der Waals surface area (Å²) in [5.74, 6) is -0.0588. The molecule has 1 aromatic heterocycles. The second kappa shape index (κ2) is 8.25. The van der Waals surface area contributed by atoms with Crippen molar-refractivity contribution in [1.82, 2.24) is 0 Å². The smallest absolute Gasteiger partial charge is 0.255 e. The van der Waals surface area contributed by atoms with Crippen LogP contribution < -0.4 is 25.7 Å². The number of carbonyl (C=O) groups is 1. The third-order valence-corrected chi connectivity index (χ3v) is 4.53. The average Bonchev–Trinajstić information content (AvgIpc) is 2.61. The molecule has 1 fully saturated rings. The largest absolute Gasteiger partial charge is 0.477 e. The van der Waals surface area contributed by atoms with Gasteiger partial charge in [-0.2, -0.15) is 0 Å². The predicted molar refractivity (Wildman–Crippen MR) is 97.7 cm³/mol. The minimum absolute atomic E-state index is 0.00618. The van der Waals surface area contributed by atoms with Crippen molar-refractivity contribution < 1.29 is 18.8 Å². The van der Waals surface area contributed by atoms with Gasteiger partial charge in [-0.15, -0.1) is 0 Å². The molecule has 2 aromatic rings. The van der Waals surface area contributed by atoms with Crippen LogP contribution in [0.25, 0.3) is 0 Å². The van der Waals surface area contributed by atoms with Crippen LogP contribution in [0.4, 0.5) is 5.69 Å². The Labute approximate surface area is 155 Å². The molecule has 0 unspecified atom stereocenters. The SMILES string of the molecule is NC(=O)COc1coc(C[NH+]2CCN(c3cccc(Cl)c3)CC2)cc1=O. The van der Waals surface area contributed by atoms with Gasteiger partial charge in [0, 0.05) is 16.8 Å². The minimum atomic E-state index is -0.643. The van der Waals surface area contributed by atoms with Gasteiger partial charge in [-0.25, -0.2) is 0 Å². The number of benzene rings is 1. The molecule has 8 heteroatoms. The van der Waals surface area contributed by atoms with Crippen LogP contribution >= 0.6 is 11.6 Å². The topological polar surface area (TPSA) is 90.2 Å². The molecular weight excluding hydrogens is 358 g/mol. The first-order chi connectivity index (χ1) is 12.5. The number of quaternary nitrogens is 1. The first-order valence-electron chi connectivity index (χ1n) is 8.38. The first kappa shape index (κ1) is 18.3. The molecule has 0 radical (unpaired) electrons. The van der Waals surface area contributed by atoms with Gasteiger partial charge in [-0.1, -0.05) is 17.7 Å². The normalized spacial score (nSPS) is 15.0. The Kier molecular flexibility index (Phi) is 5.80. The van der Waals surface area contributed by atoms with Crippen LogP contribution in [0.2, 0.25) is 5.02 Å². The zero-order valence-electron chi connectivity index (χ0n) is 14.2. The van der Waals surface area contributed by atoms with Gasteiger partial charge in [0.05, 0.1) is 26.2 Å². The standard InChI is InChI=1S/C18H20ClN3O4/c19-13-2-1-3-14(8-13)22-6-4-21(5-7-22)10-15-9-16(23)17(11-25-15)26-12-18(20)24/h1-3,8-9,11H,4-7,10,12H2,(H2,20,24)/p+1. The maximum absolute atomic E-state index is 12.0. The van der Waals surface area contributed by atoms with Gasteiger partial charge >= 0.3 is 0 Å². The molecular formula is C18H21ClN3O4+. The van der Waals surface area contributed by atoms with E-state index in [2.05, 4.69) is 11.0 Å². The Morgan fingerprint density at radius 3 is 2.73 bits per heavy atom. The molecule has 1 amide bonds. The molecule has 26 heavy (non-hydrogen) atoms. The quantitative estimate of drug-likeness (QED) is 0.742. The number of hydrogen-bond donors (Lipinski definition) is 2. The van der Waals surface area contributed by atoms with E-state index in [0.29, 0.717) is 12.3 Å². The van der Waals surface area contributed by atoms with E-state index in [1.54, 1.807) is 0 Å². The van der Waals surface area contributed by atoms with Crippen molar-refractivity contribution >= 4 is 23.2 Å². The Balaban J connectivity index is 1.55. The molecule has 138 valence electrons. The summed E-state index contributed by atoms with van der Waals surface area (Å²) in [6.45, 7) is 3.93. The van der Waals surface area contributed by atoms with Crippen molar-refractivity contribution in [2.45, 2.75) is 6.54 Å². The second-order valence-electron chi connectivity index (χ2n) is 6.22. The molecule has 3 rings (SSSR count). The van der Waals surface area contributed by atoms with E-state index in [0.717, 1.165) is 36.9 Å². The summed E-state index contributed by atoms with van der Waals surface area (Å²) in [6, 6.07) is 9.25. The highest BCUT2D eigenvalue weighted by Crippen LogP contribution is 2.19. The summed E-state index contributed by atoms with van der Waals surface area (Å²) in [5, 5.41) is 0.734. The summed E-state index contributed by atoms with van der Waals surface area (Å²) < 4.78 is 10.5. The lowest BCUT2D eigenvalue weighted by molar-refractivity contribution is -0.915. The van der Waals surface area contributed by atoms with Gasteiger partial charge in [0.25, 0.3) is 5.91 Å². The summed E-state index contributed by atoms with van der Waals surface area (Å²) in [6.07, 6.45) is 1.24. The highest BCUT2D eigenvalue weighted by molar-refractivity contribution is 6.30. The van der Waals surface area contributed by atoms with Gasteiger partial charge in [0.2, 0.25) is 11.2 Å². The zero-order valence-corrected chi connectivity index (χ0v) is 15.0. The Bertz CT molecular complexity index is 831. The van der Waals surface area contributed by atoms with Crippen LogP contribution in [0.1, 0.15) is 5.76 Å². The molecule has 0 bridgehead atoms. The number of anilines is 1. The molecule has 3 N–H and O–H groups in total. The number of primary amides is 1. The number of nitrogens with zero attached hydrogens (tertiary/aromatic N) is 1. The summed E-state index contributed by atoms with van der Waals surface area (Å²) >= 11 is 6.06. The molecule has 0 aliphatic carbocycles. The van der Waals surface area contributed by atoms with Gasteiger partial charge in [-0.3, -0.25) is 9.59 Å². The minimum Gasteiger partial charge on any atom is -0.477 e. The molecule has 0 atom stereocenters. The number of carbonyl (C=O) groups excluding carboxylic acids is 1. The maximum Gasteiger partial charge on any atom is 0.255 e. The van der Waals surface area contributed by atoms with Crippen LogP contribution in [0.3, 0.4) is 0 Å². The van der Waals surface area contributed by atoms with E-state index in [1.807, 2.05) is 18.2 Å². The van der Waals surface area contributed by atoms with E-state index in [1.165, 1.54) is 17.2 Å². The van der Waals surface area contributed by atoms with Gasteiger partial charge in [-0.05, 0) is 18.2 Å². The molecule has 2 heterocycles. The predicted octanol–water partition coefficient (Wildman–Crippen LogP) is 0.0624. The van der Waals surface area contributed by atoms with Gasteiger partial charge in [0.1, 0.15) is 12.8 Å². The maximum atomic E-state index is 12.0. The monoisotopic (exact) mass is 378 g/mol. The van der Waals surface area contributed by atoms with Crippen LogP contribution in [0.15, 0.2) is 45.8 Å². The van der Waals surface area contributed by atoms with Gasteiger partial charge in [0.15, 0.2) is 12.4 Å². The summed E-state index contributed by atoms with van der Waals surface area (Å²) in [4.78, 5) is 26.3. The summed E-state index contributed by atoms with van der Waals surface area (Å²) in [7, 11) is 0. The first-order valence-corrected chi connectivity index (χ1v) is 8.76. The van der Waals surface area contributed by atoms with Crippen molar-refractivity contribution in [3.8, 4) is 5.75 Å². The molecule has 1 aromatic carbocycles. The van der Waals surface area contributed by atoms with E-state index in [9.17, 15) is 9.59 Å². The second-order valence-corrected chi connectivity index (χ2v) is 6.66. The average molecular weight is 379 g/mol. The molecule has 1 aliphatic heterocycles. The lowest BCUT2D eigenvalue weighted by Gasteiger charge is -2.33. The number of rotatable bonds is 6. The molecule has 1 saturated heterocycles. The van der Waals surface area contributed by atoms with E-state index >= 15 is 0 Å². The Hall–Kier alpha value is -2.51. The van der Waals surface area contributed by atoms with Crippen molar-refractivity contribution in [3.63, 3.8) is 0 Å². The highest BCUT2D eigenvalue weighted by atomic mass is 35.5. The van der Waals surface area contributed by atoms with Gasteiger partial charge < -0.3 is 24.7 Å². The number of hydrogen-bond acceptors (Lipinski definition) is 5. The third-order valence-electron chi connectivity index (χ3n) is 4.29. The number of nitrogens with two attached hydrogens (primary N) is 1. The third kappa shape index (κ3) is 4.77. The Morgan fingerprint density at radius 2 is 2.08 bits per heavy atom. The van der Waals surface area contributed by atoms with E-state index < -0.39 is 5.91 Å². The molecule has 0 saturated carbocycles. The fourth-order valence-corrected chi connectivity index (χ4v) is 3.15. The van der Waals surface area contributed by atoms with Crippen LogP contribution in [0, 0.1) is 0 Å². The lowest BCUT2D eigenvalue weighted by Crippen LogP contribution is -3.13. The summed E-state index contributed by atoms with van der Waals surface area (Å²) in [5.41, 5.74) is 5.80. The number of piperazine rings is 1. The fourth-order valence-electron chi connectivity index (χ4n) is 2.96. The van der Waals surface area contributed by atoms with Crippen LogP contribution in [-0.2, 0) is 11.3 Å². The van der Waals surface area contributed by atoms with Crippen molar-refractivity contribution in [1.29, 1.82) is 0 Å². The van der Waals surface area contributed by atoms with Crippen LogP contribution in [-0.4, -0.2) is 38.7 Å². The number of nitrogens with one attached hydrogen (secondary N) is 1. The molecule has 7 nitrogen and oxygen atoms in total.